The lowest BCUT2D eigenvalue weighted by Gasteiger charge is -2.08. The largest absolute Gasteiger partial charge is 0.502 e. The summed E-state index contributed by atoms with van der Waals surface area (Å²) < 4.78 is 4.58. The molecule has 1 N–H and O–H groups in total. The quantitative estimate of drug-likeness (QED) is 0.468. The lowest BCUT2D eigenvalue weighted by atomic mass is 10.1. The van der Waals surface area contributed by atoms with Gasteiger partial charge in [-0.3, -0.25) is 20.2 Å². The Kier molecular flexibility index (Phi) is 4.95. The van der Waals surface area contributed by atoms with Gasteiger partial charge in [0, 0.05) is 11.0 Å². The van der Waals surface area contributed by atoms with E-state index in [9.17, 15) is 30.1 Å². The number of nitro benzene ring substituents is 1. The maximum absolute atomic E-state index is 11.4. The van der Waals surface area contributed by atoms with E-state index in [4.69, 9.17) is 0 Å². The third-order valence-corrected chi connectivity index (χ3v) is 2.48. The van der Waals surface area contributed by atoms with E-state index in [-0.39, 0.29) is 18.6 Å². The van der Waals surface area contributed by atoms with Crippen LogP contribution in [0.15, 0.2) is 18.2 Å². The SMILES string of the molecule is CCOC(=O)[C@H](Cc1ccc(O)c([N+](=O)[O-])c1)[N+](=O)[O-]. The predicted molar refractivity (Wildman–Crippen MR) is 65.9 cm³/mol. The third-order valence-electron chi connectivity index (χ3n) is 2.48. The first-order valence-electron chi connectivity index (χ1n) is 5.63. The van der Waals surface area contributed by atoms with E-state index in [0.717, 1.165) is 12.1 Å². The van der Waals surface area contributed by atoms with Crippen molar-refractivity contribution in [2.45, 2.75) is 19.4 Å². The van der Waals surface area contributed by atoms with E-state index in [1.54, 1.807) is 0 Å². The average molecular weight is 284 g/mol. The first-order valence-corrected chi connectivity index (χ1v) is 5.63. The van der Waals surface area contributed by atoms with Crippen molar-refractivity contribution in [1.29, 1.82) is 0 Å². The molecular formula is C11H12N2O7. The summed E-state index contributed by atoms with van der Waals surface area (Å²) in [6, 6.07) is 1.68. The number of hydrogen-bond acceptors (Lipinski definition) is 7. The number of carbonyl (C=O) groups is 1. The van der Waals surface area contributed by atoms with Crippen molar-refractivity contribution in [3.05, 3.63) is 44.0 Å². The second kappa shape index (κ2) is 6.45. The molecule has 0 saturated heterocycles. The van der Waals surface area contributed by atoms with Crippen LogP contribution in [-0.4, -0.2) is 33.6 Å². The highest BCUT2D eigenvalue weighted by Crippen LogP contribution is 2.27. The molecule has 1 rings (SSSR count). The minimum absolute atomic E-state index is 0.00109. The number of nitrogens with zero attached hydrogens (tertiary/aromatic N) is 2. The zero-order valence-electron chi connectivity index (χ0n) is 10.5. The summed E-state index contributed by atoms with van der Waals surface area (Å²) in [6.07, 6.45) is -0.354. The molecule has 20 heavy (non-hydrogen) atoms. The molecule has 0 radical (unpaired) electrons. The molecule has 0 heterocycles. The molecular weight excluding hydrogens is 272 g/mol. The normalized spacial score (nSPS) is 11.7. The highest BCUT2D eigenvalue weighted by molar-refractivity contribution is 5.74. The van der Waals surface area contributed by atoms with Gasteiger partial charge in [-0.2, -0.15) is 0 Å². The Morgan fingerprint density at radius 2 is 2.05 bits per heavy atom. The molecule has 1 aromatic carbocycles. The van der Waals surface area contributed by atoms with Gasteiger partial charge in [-0.25, -0.2) is 4.79 Å². The Morgan fingerprint density at radius 1 is 1.40 bits per heavy atom. The number of phenolic OH excluding ortho intramolecular Hbond substituents is 1. The molecule has 1 aromatic rings. The third kappa shape index (κ3) is 3.64. The number of phenols is 1. The van der Waals surface area contributed by atoms with Crippen molar-refractivity contribution >= 4 is 11.7 Å². The van der Waals surface area contributed by atoms with E-state index in [1.807, 2.05) is 0 Å². The van der Waals surface area contributed by atoms with Crippen molar-refractivity contribution in [3.63, 3.8) is 0 Å². The zero-order chi connectivity index (χ0) is 15.3. The number of carbonyl (C=O) groups excluding carboxylic acids is 1. The highest BCUT2D eigenvalue weighted by atomic mass is 16.6. The molecule has 0 aromatic heterocycles. The molecule has 0 amide bonds. The minimum Gasteiger partial charge on any atom is -0.502 e. The van der Waals surface area contributed by atoms with Crippen LogP contribution in [0, 0.1) is 20.2 Å². The van der Waals surface area contributed by atoms with Gasteiger partial charge in [0.1, 0.15) is 0 Å². The van der Waals surface area contributed by atoms with Crippen molar-refractivity contribution < 1.29 is 24.5 Å². The second-order valence-corrected chi connectivity index (χ2v) is 3.84. The molecule has 0 saturated carbocycles. The first kappa shape index (κ1) is 15.3. The number of nitro groups is 2. The summed E-state index contributed by atoms with van der Waals surface area (Å²) in [5.74, 6) is -1.55. The number of hydrogen-bond donors (Lipinski definition) is 1. The topological polar surface area (TPSA) is 133 Å². The standard InChI is InChI=1S/C11H12N2O7/c1-2-20-11(15)9(13(18)19)6-7-3-4-10(14)8(5-7)12(16)17/h3-5,9,14H,2,6H2,1H3/t9-/m0/s1. The summed E-state index contributed by atoms with van der Waals surface area (Å²) in [5.41, 5.74) is -0.391. The van der Waals surface area contributed by atoms with E-state index in [2.05, 4.69) is 4.74 Å². The van der Waals surface area contributed by atoms with Gasteiger partial charge in [0.25, 0.3) is 0 Å². The summed E-state index contributed by atoms with van der Waals surface area (Å²) in [5, 5.41) is 30.8. The summed E-state index contributed by atoms with van der Waals surface area (Å²) in [4.78, 5) is 31.3. The summed E-state index contributed by atoms with van der Waals surface area (Å²) in [7, 11) is 0. The predicted octanol–water partition coefficient (Wildman–Crippen LogP) is 1.05. The van der Waals surface area contributed by atoms with Gasteiger partial charge >= 0.3 is 17.7 Å². The number of rotatable bonds is 6. The van der Waals surface area contributed by atoms with E-state index in [0.29, 0.717) is 0 Å². The maximum atomic E-state index is 11.4. The van der Waals surface area contributed by atoms with Gasteiger partial charge in [0.05, 0.1) is 18.0 Å². The summed E-state index contributed by atoms with van der Waals surface area (Å²) in [6.45, 7) is 1.51. The van der Waals surface area contributed by atoms with Crippen LogP contribution in [0.5, 0.6) is 5.75 Å². The monoisotopic (exact) mass is 284 g/mol. The van der Waals surface area contributed by atoms with Gasteiger partial charge in [0.2, 0.25) is 0 Å². The highest BCUT2D eigenvalue weighted by Gasteiger charge is 2.32. The van der Waals surface area contributed by atoms with Crippen molar-refractivity contribution in [2.24, 2.45) is 0 Å². The Bertz CT molecular complexity index is 544. The van der Waals surface area contributed by atoms with E-state index >= 15 is 0 Å². The van der Waals surface area contributed by atoms with Crippen LogP contribution in [0.25, 0.3) is 0 Å². The number of aromatic hydroxyl groups is 1. The van der Waals surface area contributed by atoms with Crippen molar-refractivity contribution in [3.8, 4) is 5.75 Å². The maximum Gasteiger partial charge on any atom is 0.382 e. The molecule has 0 fully saturated rings. The Morgan fingerprint density at radius 3 is 2.55 bits per heavy atom. The minimum atomic E-state index is -1.64. The molecule has 0 aliphatic heterocycles. The second-order valence-electron chi connectivity index (χ2n) is 3.84. The summed E-state index contributed by atoms with van der Waals surface area (Å²) >= 11 is 0. The molecule has 1 atom stereocenters. The van der Waals surface area contributed by atoms with Crippen LogP contribution in [-0.2, 0) is 16.0 Å². The number of benzene rings is 1. The fourth-order valence-electron chi connectivity index (χ4n) is 1.55. The molecule has 0 aliphatic rings. The van der Waals surface area contributed by atoms with Crippen LogP contribution in [0.3, 0.4) is 0 Å². The van der Waals surface area contributed by atoms with Gasteiger partial charge in [-0.1, -0.05) is 6.07 Å². The molecule has 0 unspecified atom stereocenters. The lowest BCUT2D eigenvalue weighted by Crippen LogP contribution is -2.33. The van der Waals surface area contributed by atoms with Crippen LogP contribution in [0.2, 0.25) is 0 Å². The molecule has 0 aliphatic carbocycles. The van der Waals surface area contributed by atoms with E-state index < -0.39 is 33.3 Å². The first-order chi connectivity index (χ1) is 9.36. The Balaban J connectivity index is 3.00. The van der Waals surface area contributed by atoms with Gasteiger partial charge < -0.3 is 9.84 Å². The number of esters is 1. The van der Waals surface area contributed by atoms with Crippen LogP contribution >= 0.6 is 0 Å². The number of ether oxygens (including phenoxy) is 1. The average Bonchev–Trinajstić information content (AvgIpc) is 2.37. The van der Waals surface area contributed by atoms with E-state index in [1.165, 1.54) is 13.0 Å². The zero-order valence-corrected chi connectivity index (χ0v) is 10.5. The van der Waals surface area contributed by atoms with Crippen LogP contribution in [0.4, 0.5) is 5.69 Å². The molecule has 0 spiro atoms. The van der Waals surface area contributed by atoms with Gasteiger partial charge in [0.15, 0.2) is 5.75 Å². The van der Waals surface area contributed by atoms with Crippen molar-refractivity contribution in [1.82, 2.24) is 0 Å². The van der Waals surface area contributed by atoms with Gasteiger partial charge in [-0.05, 0) is 18.6 Å². The van der Waals surface area contributed by atoms with Gasteiger partial charge in [-0.15, -0.1) is 0 Å². The van der Waals surface area contributed by atoms with Crippen LogP contribution in [0.1, 0.15) is 12.5 Å². The molecule has 9 nitrogen and oxygen atoms in total. The van der Waals surface area contributed by atoms with Crippen molar-refractivity contribution in [2.75, 3.05) is 6.61 Å². The Labute approximate surface area is 113 Å². The lowest BCUT2D eigenvalue weighted by molar-refractivity contribution is -0.510. The molecule has 0 bridgehead atoms. The smallest absolute Gasteiger partial charge is 0.382 e. The fourth-order valence-corrected chi connectivity index (χ4v) is 1.55. The Hall–Kier alpha value is -2.71. The van der Waals surface area contributed by atoms with Crippen LogP contribution < -0.4 is 0 Å². The molecule has 9 heteroatoms. The fraction of sp³-hybridized carbons (Fsp3) is 0.364. The molecule has 108 valence electrons.